The summed E-state index contributed by atoms with van der Waals surface area (Å²) >= 11 is 0. The number of hydrogen-bond acceptors (Lipinski definition) is 3. The number of halogens is 2. The van der Waals surface area contributed by atoms with Crippen LogP contribution in [0.1, 0.15) is 90.9 Å². The zero-order chi connectivity index (χ0) is 25.0. The summed E-state index contributed by atoms with van der Waals surface area (Å²) in [7, 11) is 0. The maximum absolute atomic E-state index is 14.7. The molecule has 1 aliphatic carbocycles. The lowest BCUT2D eigenvalue weighted by Crippen LogP contribution is -2.33. The van der Waals surface area contributed by atoms with E-state index in [0.717, 1.165) is 32.1 Å². The van der Waals surface area contributed by atoms with Gasteiger partial charge in [0, 0.05) is 0 Å². The molecule has 1 saturated carbocycles. The van der Waals surface area contributed by atoms with Gasteiger partial charge in [0.2, 0.25) is 0 Å². The lowest BCUT2D eigenvalue weighted by atomic mass is 9.72. The third-order valence-electron chi connectivity index (χ3n) is 6.95. The summed E-state index contributed by atoms with van der Waals surface area (Å²) in [6.07, 6.45) is 13.3. The highest BCUT2D eigenvalue weighted by Gasteiger charge is 2.35. The molecule has 2 aromatic rings. The normalized spacial score (nSPS) is 17.1. The quantitative estimate of drug-likeness (QED) is 0.143. The summed E-state index contributed by atoms with van der Waals surface area (Å²) in [6.45, 7) is 4.85. The van der Waals surface area contributed by atoms with Crippen LogP contribution in [0.5, 0.6) is 11.5 Å². The Bertz CT molecular complexity index is 937. The zero-order valence-electron chi connectivity index (χ0n) is 21.3. The molecule has 0 spiro atoms. The van der Waals surface area contributed by atoms with Crippen LogP contribution in [0.25, 0.3) is 11.1 Å². The molecule has 0 amide bonds. The molecule has 0 N–H and O–H groups in total. The van der Waals surface area contributed by atoms with Crippen molar-refractivity contribution in [2.24, 2.45) is 11.8 Å². The predicted molar refractivity (Wildman–Crippen MR) is 137 cm³/mol. The molecule has 0 bridgehead atoms. The van der Waals surface area contributed by atoms with E-state index in [1.807, 2.05) is 0 Å². The fraction of sp³-hybridized carbons (Fsp3) is 0.567. The van der Waals surface area contributed by atoms with Crippen molar-refractivity contribution in [3.05, 3.63) is 48.0 Å². The number of ether oxygens (including phenoxy) is 2. The molecule has 0 aromatic heterocycles. The molecule has 3 nitrogen and oxygen atoms in total. The second-order valence-corrected chi connectivity index (χ2v) is 9.86. The van der Waals surface area contributed by atoms with Gasteiger partial charge in [-0.2, -0.15) is 0 Å². The van der Waals surface area contributed by atoms with Crippen LogP contribution in [0.4, 0.5) is 8.78 Å². The second-order valence-electron chi connectivity index (χ2n) is 9.86. The van der Waals surface area contributed by atoms with E-state index in [9.17, 15) is 13.6 Å². The van der Waals surface area contributed by atoms with E-state index < -0.39 is 11.6 Å². The van der Waals surface area contributed by atoms with E-state index >= 15 is 0 Å². The second kappa shape index (κ2) is 14.2. The number of carbonyl (C=O) groups is 1. The average molecular weight is 487 g/mol. The van der Waals surface area contributed by atoms with Crippen LogP contribution in [0.15, 0.2) is 36.4 Å². The summed E-state index contributed by atoms with van der Waals surface area (Å²) in [5.74, 6) is -0.880. The topological polar surface area (TPSA) is 35.5 Å². The van der Waals surface area contributed by atoms with Gasteiger partial charge in [0.25, 0.3) is 0 Å². The van der Waals surface area contributed by atoms with Crippen LogP contribution in [-0.4, -0.2) is 12.6 Å². The number of hydrogen-bond donors (Lipinski definition) is 0. The van der Waals surface area contributed by atoms with Gasteiger partial charge >= 0.3 is 5.97 Å². The smallest absolute Gasteiger partial charge is 0.314 e. The Balaban J connectivity index is 1.48. The summed E-state index contributed by atoms with van der Waals surface area (Å²) in [5, 5.41) is 0. The lowest BCUT2D eigenvalue weighted by Gasteiger charge is -2.33. The molecule has 192 valence electrons. The first-order valence-corrected chi connectivity index (χ1v) is 13.5. The first-order valence-electron chi connectivity index (χ1n) is 13.5. The first kappa shape index (κ1) is 27.2. The largest absolute Gasteiger partial charge is 0.491 e. The Morgan fingerprint density at radius 3 is 2.00 bits per heavy atom. The Kier molecular flexibility index (Phi) is 11.0. The third kappa shape index (κ3) is 8.33. The Hall–Kier alpha value is -2.43. The lowest BCUT2D eigenvalue weighted by molar-refractivity contribution is -0.143. The number of carbonyl (C=O) groups excluding carboxylic acids is 1. The molecular formula is C30H40F2O3. The summed E-state index contributed by atoms with van der Waals surface area (Å²) < 4.78 is 40.1. The highest BCUT2D eigenvalue weighted by atomic mass is 19.1. The van der Waals surface area contributed by atoms with Crippen molar-refractivity contribution >= 4 is 5.97 Å². The van der Waals surface area contributed by atoms with Crippen LogP contribution in [0.2, 0.25) is 0 Å². The fourth-order valence-corrected chi connectivity index (χ4v) is 4.66. The number of esters is 1. The van der Waals surface area contributed by atoms with E-state index in [2.05, 4.69) is 13.8 Å². The standard InChI is InChI=1S/C30H40F2O3/c1-3-5-7-8-9-11-17-34-28-15-13-23(20-26(28)31)24-14-16-29(27(32)21-24)35-30(33)25-18-22(19-25)12-10-6-4-2/h13-16,20-22,25H,3-12,17-19H2,1-2H3/t22-,25+. The maximum atomic E-state index is 14.7. The van der Waals surface area contributed by atoms with Gasteiger partial charge in [0.1, 0.15) is 0 Å². The van der Waals surface area contributed by atoms with Crippen LogP contribution in [-0.2, 0) is 4.79 Å². The Labute approximate surface area is 209 Å². The number of rotatable bonds is 15. The first-order chi connectivity index (χ1) is 17.0. The minimum Gasteiger partial charge on any atom is -0.491 e. The van der Waals surface area contributed by atoms with Crippen molar-refractivity contribution in [1.82, 2.24) is 0 Å². The van der Waals surface area contributed by atoms with Crippen molar-refractivity contribution in [2.75, 3.05) is 6.61 Å². The molecule has 0 unspecified atom stereocenters. The third-order valence-corrected chi connectivity index (χ3v) is 6.95. The van der Waals surface area contributed by atoms with Crippen molar-refractivity contribution < 1.29 is 23.0 Å². The van der Waals surface area contributed by atoms with Crippen LogP contribution in [0.3, 0.4) is 0 Å². The Morgan fingerprint density at radius 2 is 1.37 bits per heavy atom. The minimum absolute atomic E-state index is 0.0763. The maximum Gasteiger partial charge on any atom is 0.314 e. The highest BCUT2D eigenvalue weighted by Crippen LogP contribution is 2.38. The molecule has 35 heavy (non-hydrogen) atoms. The van der Waals surface area contributed by atoms with E-state index in [-0.39, 0.29) is 23.4 Å². The van der Waals surface area contributed by atoms with Crippen molar-refractivity contribution in [3.8, 4) is 22.6 Å². The van der Waals surface area contributed by atoms with Crippen LogP contribution < -0.4 is 9.47 Å². The van der Waals surface area contributed by atoms with E-state index in [1.54, 1.807) is 18.2 Å². The molecular weight excluding hydrogens is 446 g/mol. The van der Waals surface area contributed by atoms with E-state index in [0.29, 0.717) is 23.7 Å². The van der Waals surface area contributed by atoms with Gasteiger partial charge in [-0.3, -0.25) is 4.79 Å². The predicted octanol–water partition coefficient (Wildman–Crippen LogP) is 8.88. The van der Waals surface area contributed by atoms with Gasteiger partial charge < -0.3 is 9.47 Å². The molecule has 0 radical (unpaired) electrons. The zero-order valence-corrected chi connectivity index (χ0v) is 21.3. The molecule has 3 rings (SSSR count). The number of benzene rings is 2. The average Bonchev–Trinajstić information content (AvgIpc) is 2.82. The molecule has 0 atom stereocenters. The monoisotopic (exact) mass is 486 g/mol. The summed E-state index contributed by atoms with van der Waals surface area (Å²) in [4.78, 5) is 12.4. The van der Waals surface area contributed by atoms with Crippen molar-refractivity contribution in [1.29, 1.82) is 0 Å². The molecule has 0 aliphatic heterocycles. The molecule has 1 aliphatic rings. The van der Waals surface area contributed by atoms with E-state index in [4.69, 9.17) is 9.47 Å². The fourth-order valence-electron chi connectivity index (χ4n) is 4.66. The Morgan fingerprint density at radius 1 is 0.800 bits per heavy atom. The molecule has 0 saturated heterocycles. The van der Waals surface area contributed by atoms with E-state index in [1.165, 1.54) is 63.1 Å². The van der Waals surface area contributed by atoms with Gasteiger partial charge in [0.05, 0.1) is 12.5 Å². The van der Waals surface area contributed by atoms with Crippen molar-refractivity contribution in [3.63, 3.8) is 0 Å². The highest BCUT2D eigenvalue weighted by molar-refractivity contribution is 5.76. The minimum atomic E-state index is -0.626. The van der Waals surface area contributed by atoms with Crippen LogP contribution >= 0.6 is 0 Å². The van der Waals surface area contributed by atoms with Crippen molar-refractivity contribution in [2.45, 2.75) is 90.9 Å². The SMILES string of the molecule is CCCCCCCCOc1ccc(-c2ccc(OC(=O)[C@H]3C[C@@H](CCCCC)C3)c(F)c2)cc1F. The van der Waals surface area contributed by atoms with Gasteiger partial charge in [-0.25, -0.2) is 8.78 Å². The summed E-state index contributed by atoms with van der Waals surface area (Å²) in [6, 6.07) is 9.02. The number of unbranched alkanes of at least 4 members (excludes halogenated alkanes) is 7. The molecule has 0 heterocycles. The molecule has 5 heteroatoms. The molecule has 1 fully saturated rings. The van der Waals surface area contributed by atoms with Gasteiger partial charge in [-0.1, -0.05) is 83.8 Å². The van der Waals surface area contributed by atoms with Gasteiger partial charge in [-0.15, -0.1) is 0 Å². The van der Waals surface area contributed by atoms with Gasteiger partial charge in [0.15, 0.2) is 23.1 Å². The molecule has 2 aromatic carbocycles. The van der Waals surface area contributed by atoms with Crippen LogP contribution in [0, 0.1) is 23.5 Å². The summed E-state index contributed by atoms with van der Waals surface area (Å²) in [5.41, 5.74) is 1.06. The van der Waals surface area contributed by atoms with Gasteiger partial charge in [-0.05, 0) is 60.6 Å².